The Hall–Kier alpha value is -2.05. The minimum absolute atomic E-state index is 0.0220. The summed E-state index contributed by atoms with van der Waals surface area (Å²) in [6.07, 6.45) is 4.82. The lowest BCUT2D eigenvalue weighted by Gasteiger charge is -2.59. The van der Waals surface area contributed by atoms with Gasteiger partial charge in [-0.25, -0.2) is 0 Å². The monoisotopic (exact) mass is 544 g/mol. The molecule has 1 heterocycles. The molecule has 4 rings (SSSR count). The van der Waals surface area contributed by atoms with Gasteiger partial charge in [-0.1, -0.05) is 61.3 Å². The van der Waals surface area contributed by atoms with E-state index < -0.39 is 11.0 Å². The summed E-state index contributed by atoms with van der Waals surface area (Å²) < 4.78 is 0. The van der Waals surface area contributed by atoms with Crippen LogP contribution in [-0.4, -0.2) is 63.7 Å². The van der Waals surface area contributed by atoms with Crippen LogP contribution in [0.3, 0.4) is 0 Å². The second kappa shape index (κ2) is 11.4. The molecule has 3 atom stereocenters. The third-order valence-electron chi connectivity index (χ3n) is 8.15. The number of nitrogens with zero attached hydrogens (tertiary/aromatic N) is 2. The summed E-state index contributed by atoms with van der Waals surface area (Å²) in [5.41, 5.74) is 0.250. The van der Waals surface area contributed by atoms with Crippen LogP contribution in [0.4, 0.5) is 0 Å². The van der Waals surface area contributed by atoms with Gasteiger partial charge in [-0.2, -0.15) is 0 Å². The van der Waals surface area contributed by atoms with Crippen LogP contribution in [-0.2, 0) is 16.6 Å². The van der Waals surface area contributed by atoms with Gasteiger partial charge in [-0.05, 0) is 73.5 Å². The van der Waals surface area contributed by atoms with Crippen LogP contribution in [0.1, 0.15) is 50.7 Å². The topological polar surface area (TPSA) is 64.0 Å². The van der Waals surface area contributed by atoms with Gasteiger partial charge in [-0.3, -0.25) is 9.69 Å². The fraction of sp³-hybridized carbons (Fsp3) is 0.500. The first-order valence-corrected chi connectivity index (χ1v) is 13.9. The number of hydrogen-bond donors (Lipinski definition) is 2. The number of halogens is 2. The number of benzene rings is 2. The number of rotatable bonds is 8. The Balaban J connectivity index is 1.67. The van der Waals surface area contributed by atoms with Crippen molar-refractivity contribution in [2.24, 2.45) is 5.92 Å². The van der Waals surface area contributed by atoms with Crippen LogP contribution >= 0.6 is 23.2 Å². The lowest BCUT2D eigenvalue weighted by molar-refractivity contribution is -0.149. The summed E-state index contributed by atoms with van der Waals surface area (Å²) in [6.45, 7) is 10.9. The molecule has 0 aromatic heterocycles. The SMILES string of the molecule is C=CCN1CC[C@@]2(c3cccc(O)c3)C[C@H](N(CC(C)C)C(=O)Cc3ccc(Cl)c(Cl)c3)CC[C@]2(O)C1. The zero-order chi connectivity index (χ0) is 26.8. The van der Waals surface area contributed by atoms with Gasteiger partial charge in [0.25, 0.3) is 0 Å². The molecule has 2 aliphatic rings. The quantitative estimate of drug-likeness (QED) is 0.409. The number of carbonyl (C=O) groups is 1. The molecule has 37 heavy (non-hydrogen) atoms. The number of phenols is 1. The number of amides is 1. The number of fused-ring (bicyclic) bond motifs is 1. The molecule has 2 N–H and O–H groups in total. The van der Waals surface area contributed by atoms with Gasteiger partial charge in [0.05, 0.1) is 22.1 Å². The Morgan fingerprint density at radius 2 is 2.00 bits per heavy atom. The zero-order valence-corrected chi connectivity index (χ0v) is 23.3. The van der Waals surface area contributed by atoms with Crippen LogP contribution in [0, 0.1) is 5.92 Å². The average Bonchev–Trinajstić information content (AvgIpc) is 2.84. The lowest BCUT2D eigenvalue weighted by Crippen LogP contribution is -2.67. The number of aromatic hydroxyl groups is 1. The molecule has 0 unspecified atom stereocenters. The highest BCUT2D eigenvalue weighted by atomic mass is 35.5. The summed E-state index contributed by atoms with van der Waals surface area (Å²) in [4.78, 5) is 18.0. The second-order valence-electron chi connectivity index (χ2n) is 11.2. The zero-order valence-electron chi connectivity index (χ0n) is 21.8. The van der Waals surface area contributed by atoms with E-state index in [4.69, 9.17) is 23.2 Å². The highest BCUT2D eigenvalue weighted by molar-refractivity contribution is 6.42. The molecule has 1 saturated carbocycles. The van der Waals surface area contributed by atoms with Crippen molar-refractivity contribution in [3.05, 3.63) is 76.3 Å². The molecule has 1 saturated heterocycles. The van der Waals surface area contributed by atoms with Gasteiger partial charge >= 0.3 is 0 Å². The van der Waals surface area contributed by atoms with E-state index in [0.717, 1.165) is 37.1 Å². The predicted molar refractivity (Wildman–Crippen MR) is 150 cm³/mol. The van der Waals surface area contributed by atoms with Crippen LogP contribution in [0.25, 0.3) is 0 Å². The summed E-state index contributed by atoms with van der Waals surface area (Å²) >= 11 is 12.3. The largest absolute Gasteiger partial charge is 0.508 e. The van der Waals surface area contributed by atoms with Gasteiger partial charge in [0, 0.05) is 31.1 Å². The molecule has 7 heteroatoms. The molecule has 1 aliphatic heterocycles. The first kappa shape index (κ1) is 28.0. The summed E-state index contributed by atoms with van der Waals surface area (Å²) in [5, 5.41) is 23.5. The summed E-state index contributed by atoms with van der Waals surface area (Å²) in [5.74, 6) is 0.544. The number of phenolic OH excluding ortho intramolecular Hbond substituents is 1. The van der Waals surface area contributed by atoms with Gasteiger partial charge in [0.15, 0.2) is 0 Å². The van der Waals surface area contributed by atoms with Crippen LogP contribution < -0.4 is 0 Å². The second-order valence-corrected chi connectivity index (χ2v) is 12.0. The molecule has 2 aromatic carbocycles. The van der Waals surface area contributed by atoms with Gasteiger partial charge in [-0.15, -0.1) is 6.58 Å². The summed E-state index contributed by atoms with van der Waals surface area (Å²) in [7, 11) is 0. The van der Waals surface area contributed by atoms with Gasteiger partial charge in [0.1, 0.15) is 5.75 Å². The van der Waals surface area contributed by atoms with E-state index in [0.29, 0.717) is 41.9 Å². The molecule has 1 aliphatic carbocycles. The van der Waals surface area contributed by atoms with Crippen molar-refractivity contribution in [3.8, 4) is 5.75 Å². The minimum atomic E-state index is -0.963. The standard InChI is InChI=1S/C30H38Cl2N2O3/c1-4-13-33-14-12-29(23-6-5-7-25(35)17-23)18-24(10-11-30(29,37)20-33)34(19-21(2)3)28(36)16-22-8-9-26(31)27(32)15-22/h4-9,15,17,21,24,35,37H,1,10-14,16,18-20H2,2-3H3/t24-,29+,30+/m1/s1. The number of aliphatic hydroxyl groups is 1. The molecule has 2 aromatic rings. The number of hydrogen-bond acceptors (Lipinski definition) is 4. The van der Waals surface area contributed by atoms with Crippen molar-refractivity contribution < 1.29 is 15.0 Å². The van der Waals surface area contributed by atoms with E-state index in [1.165, 1.54) is 0 Å². The summed E-state index contributed by atoms with van der Waals surface area (Å²) in [6, 6.07) is 12.6. The maximum absolute atomic E-state index is 13.7. The highest BCUT2D eigenvalue weighted by Crippen LogP contribution is 2.53. The molecular formula is C30H38Cl2N2O3. The van der Waals surface area contributed by atoms with Crippen molar-refractivity contribution in [2.45, 2.75) is 63.0 Å². The van der Waals surface area contributed by atoms with Crippen LogP contribution in [0.2, 0.25) is 10.0 Å². The van der Waals surface area contributed by atoms with Gasteiger partial charge < -0.3 is 15.1 Å². The first-order valence-electron chi connectivity index (χ1n) is 13.2. The lowest BCUT2D eigenvalue weighted by atomic mass is 9.55. The molecule has 5 nitrogen and oxygen atoms in total. The van der Waals surface area contributed by atoms with Crippen LogP contribution in [0.15, 0.2) is 55.1 Å². The van der Waals surface area contributed by atoms with E-state index in [1.807, 2.05) is 29.2 Å². The van der Waals surface area contributed by atoms with Crippen molar-refractivity contribution in [1.82, 2.24) is 9.80 Å². The average molecular weight is 546 g/mol. The molecular weight excluding hydrogens is 507 g/mol. The van der Waals surface area contributed by atoms with E-state index in [-0.39, 0.29) is 24.1 Å². The number of likely N-dealkylation sites (tertiary alicyclic amines) is 1. The fourth-order valence-electron chi connectivity index (χ4n) is 6.41. The van der Waals surface area contributed by atoms with Gasteiger partial charge in [0.2, 0.25) is 5.91 Å². The van der Waals surface area contributed by atoms with E-state index in [9.17, 15) is 15.0 Å². The smallest absolute Gasteiger partial charge is 0.227 e. The Morgan fingerprint density at radius 3 is 2.68 bits per heavy atom. The van der Waals surface area contributed by atoms with Crippen molar-refractivity contribution >= 4 is 29.1 Å². The molecule has 1 amide bonds. The number of piperidine rings is 1. The van der Waals surface area contributed by atoms with Crippen LogP contribution in [0.5, 0.6) is 5.75 Å². The Bertz CT molecular complexity index is 1140. The van der Waals surface area contributed by atoms with Crippen molar-refractivity contribution in [2.75, 3.05) is 26.2 Å². The molecule has 0 bridgehead atoms. The minimum Gasteiger partial charge on any atom is -0.508 e. The van der Waals surface area contributed by atoms with Crippen molar-refractivity contribution in [3.63, 3.8) is 0 Å². The van der Waals surface area contributed by atoms with Crippen molar-refractivity contribution in [1.29, 1.82) is 0 Å². The molecule has 2 fully saturated rings. The Kier molecular flexibility index (Phi) is 8.59. The van der Waals surface area contributed by atoms with E-state index >= 15 is 0 Å². The normalized spacial score (nSPS) is 26.1. The highest BCUT2D eigenvalue weighted by Gasteiger charge is 2.58. The number of β-amino-alcohol motifs (C(OH)–C–C–N with tert-alkyl or cyclic N) is 1. The fourth-order valence-corrected chi connectivity index (χ4v) is 6.74. The Morgan fingerprint density at radius 1 is 1.22 bits per heavy atom. The third kappa shape index (κ3) is 5.85. The number of carbonyl (C=O) groups excluding carboxylic acids is 1. The predicted octanol–water partition coefficient (Wildman–Crippen LogP) is 5.84. The molecule has 200 valence electrons. The van der Waals surface area contributed by atoms with E-state index in [2.05, 4.69) is 25.3 Å². The maximum Gasteiger partial charge on any atom is 0.227 e. The molecule has 0 spiro atoms. The van der Waals surface area contributed by atoms with E-state index in [1.54, 1.807) is 24.3 Å². The Labute approximate surface area is 230 Å². The third-order valence-corrected chi connectivity index (χ3v) is 8.89. The first-order chi connectivity index (χ1) is 17.6. The molecule has 0 radical (unpaired) electrons. The maximum atomic E-state index is 13.7.